The standard InChI is InChI=1S/C15H16N2O3/c18-14(17-8-11-3-1-2-6-16-11)12-9-4-5-10(7-9)13(12)15(19)20/h1-6,9-10,12-13H,7-8H2,(H,17,18)(H,19,20)/t9-,10+,12-,13-/m0/s1. The molecule has 2 bridgehead atoms. The lowest BCUT2D eigenvalue weighted by molar-refractivity contribution is -0.147. The minimum atomic E-state index is -0.875. The van der Waals surface area contributed by atoms with Crippen molar-refractivity contribution in [1.29, 1.82) is 0 Å². The van der Waals surface area contributed by atoms with E-state index in [0.717, 1.165) is 12.1 Å². The molecule has 20 heavy (non-hydrogen) atoms. The summed E-state index contributed by atoms with van der Waals surface area (Å²) in [5.74, 6) is -2.03. The van der Waals surface area contributed by atoms with Crippen LogP contribution in [0.1, 0.15) is 12.1 Å². The first-order valence-electron chi connectivity index (χ1n) is 6.75. The van der Waals surface area contributed by atoms with Gasteiger partial charge in [-0.25, -0.2) is 0 Å². The summed E-state index contributed by atoms with van der Waals surface area (Å²) in [6, 6.07) is 5.50. The first-order chi connectivity index (χ1) is 9.66. The number of amides is 1. The zero-order valence-electron chi connectivity index (χ0n) is 10.9. The number of nitrogens with one attached hydrogen (secondary N) is 1. The Hall–Kier alpha value is -2.17. The lowest BCUT2D eigenvalue weighted by Gasteiger charge is -2.23. The number of aromatic nitrogens is 1. The number of hydrogen-bond acceptors (Lipinski definition) is 3. The van der Waals surface area contributed by atoms with Crippen LogP contribution in [-0.4, -0.2) is 22.0 Å². The predicted octanol–water partition coefficient (Wildman–Crippen LogP) is 1.22. The number of aliphatic carboxylic acids is 1. The van der Waals surface area contributed by atoms with Crippen molar-refractivity contribution in [2.24, 2.45) is 23.7 Å². The summed E-state index contributed by atoms with van der Waals surface area (Å²) >= 11 is 0. The Morgan fingerprint density at radius 2 is 2.00 bits per heavy atom. The lowest BCUT2D eigenvalue weighted by atomic mass is 9.82. The van der Waals surface area contributed by atoms with E-state index in [2.05, 4.69) is 10.3 Å². The predicted molar refractivity (Wildman–Crippen MR) is 71.4 cm³/mol. The van der Waals surface area contributed by atoms with Gasteiger partial charge in [-0.05, 0) is 30.4 Å². The van der Waals surface area contributed by atoms with Crippen LogP contribution in [0.2, 0.25) is 0 Å². The minimum absolute atomic E-state index is 0.00287. The first kappa shape index (κ1) is 12.8. The van der Waals surface area contributed by atoms with Crippen molar-refractivity contribution in [3.05, 3.63) is 42.2 Å². The maximum Gasteiger partial charge on any atom is 0.307 e. The normalized spacial score (nSPS) is 30.4. The van der Waals surface area contributed by atoms with Gasteiger partial charge in [0, 0.05) is 6.20 Å². The fourth-order valence-corrected chi connectivity index (χ4v) is 3.31. The molecule has 1 aromatic heterocycles. The van der Waals surface area contributed by atoms with Crippen LogP contribution in [0.25, 0.3) is 0 Å². The third-order valence-electron chi connectivity index (χ3n) is 4.22. The van der Waals surface area contributed by atoms with Crippen LogP contribution in [0.3, 0.4) is 0 Å². The van der Waals surface area contributed by atoms with Crippen molar-refractivity contribution in [3.8, 4) is 0 Å². The third kappa shape index (κ3) is 2.19. The van der Waals surface area contributed by atoms with Crippen LogP contribution in [0, 0.1) is 23.7 Å². The van der Waals surface area contributed by atoms with E-state index in [4.69, 9.17) is 0 Å². The molecule has 5 heteroatoms. The second kappa shape index (κ2) is 5.07. The molecule has 4 atom stereocenters. The number of hydrogen-bond donors (Lipinski definition) is 2. The Labute approximate surface area is 116 Å². The number of carboxylic acids is 1. The number of nitrogens with zero attached hydrogens (tertiary/aromatic N) is 1. The summed E-state index contributed by atoms with van der Waals surface area (Å²) in [6.07, 6.45) is 6.36. The van der Waals surface area contributed by atoms with Gasteiger partial charge in [-0.1, -0.05) is 18.2 Å². The van der Waals surface area contributed by atoms with Gasteiger partial charge >= 0.3 is 5.97 Å². The molecular weight excluding hydrogens is 256 g/mol. The fraction of sp³-hybridized carbons (Fsp3) is 0.400. The average molecular weight is 272 g/mol. The van der Waals surface area contributed by atoms with E-state index in [-0.39, 0.29) is 17.7 Å². The molecule has 104 valence electrons. The Morgan fingerprint density at radius 3 is 2.65 bits per heavy atom. The molecule has 2 N–H and O–H groups in total. The van der Waals surface area contributed by atoms with Gasteiger partial charge in [-0.15, -0.1) is 0 Å². The maximum atomic E-state index is 12.3. The molecule has 2 aliphatic carbocycles. The summed E-state index contributed by atoms with van der Waals surface area (Å²) in [5, 5.41) is 12.1. The number of carbonyl (C=O) groups excluding carboxylic acids is 1. The molecule has 1 aromatic rings. The zero-order chi connectivity index (χ0) is 14.1. The quantitative estimate of drug-likeness (QED) is 0.808. The Bertz CT molecular complexity index is 555. The van der Waals surface area contributed by atoms with Crippen molar-refractivity contribution in [2.75, 3.05) is 0 Å². The second-order valence-electron chi connectivity index (χ2n) is 5.38. The van der Waals surface area contributed by atoms with Crippen molar-refractivity contribution in [1.82, 2.24) is 10.3 Å². The Morgan fingerprint density at radius 1 is 1.25 bits per heavy atom. The van der Waals surface area contributed by atoms with Crippen LogP contribution in [0.5, 0.6) is 0 Å². The molecule has 0 aromatic carbocycles. The molecular formula is C15H16N2O3. The average Bonchev–Trinajstić information content (AvgIpc) is 3.06. The van der Waals surface area contributed by atoms with E-state index < -0.39 is 17.8 Å². The van der Waals surface area contributed by atoms with Gasteiger partial charge in [0.25, 0.3) is 0 Å². The SMILES string of the molecule is O=C(O)[C@@H]1[C@@H](C(=O)NCc2ccccn2)[C@H]2C=C[C@@H]1C2. The number of rotatable bonds is 4. The molecule has 1 fully saturated rings. The molecule has 0 unspecified atom stereocenters. The van der Waals surface area contributed by atoms with E-state index in [1.165, 1.54) is 0 Å². The smallest absolute Gasteiger partial charge is 0.307 e. The molecule has 0 radical (unpaired) electrons. The maximum absolute atomic E-state index is 12.3. The van der Waals surface area contributed by atoms with E-state index in [9.17, 15) is 14.7 Å². The molecule has 5 nitrogen and oxygen atoms in total. The van der Waals surface area contributed by atoms with Gasteiger partial charge in [-0.2, -0.15) is 0 Å². The van der Waals surface area contributed by atoms with Crippen molar-refractivity contribution in [3.63, 3.8) is 0 Å². The summed E-state index contributed by atoms with van der Waals surface area (Å²) in [7, 11) is 0. The van der Waals surface area contributed by atoms with Crippen molar-refractivity contribution >= 4 is 11.9 Å². The monoisotopic (exact) mass is 272 g/mol. The number of carboxylic acid groups (broad SMARTS) is 1. The number of carbonyl (C=O) groups is 2. The largest absolute Gasteiger partial charge is 0.481 e. The highest BCUT2D eigenvalue weighted by Gasteiger charge is 2.51. The molecule has 1 heterocycles. The van der Waals surface area contributed by atoms with Crippen LogP contribution in [0.15, 0.2) is 36.5 Å². The van der Waals surface area contributed by atoms with Gasteiger partial charge in [-0.3, -0.25) is 14.6 Å². The van der Waals surface area contributed by atoms with Crippen molar-refractivity contribution < 1.29 is 14.7 Å². The number of pyridine rings is 1. The molecule has 2 aliphatic rings. The number of fused-ring (bicyclic) bond motifs is 2. The van der Waals surface area contributed by atoms with Crippen LogP contribution in [0.4, 0.5) is 0 Å². The zero-order valence-corrected chi connectivity index (χ0v) is 10.9. The minimum Gasteiger partial charge on any atom is -0.481 e. The van der Waals surface area contributed by atoms with E-state index in [1.807, 2.05) is 30.4 Å². The molecule has 1 amide bonds. The van der Waals surface area contributed by atoms with E-state index >= 15 is 0 Å². The second-order valence-corrected chi connectivity index (χ2v) is 5.38. The highest BCUT2D eigenvalue weighted by Crippen LogP contribution is 2.48. The van der Waals surface area contributed by atoms with Gasteiger partial charge < -0.3 is 10.4 Å². The number of allylic oxidation sites excluding steroid dienone is 2. The summed E-state index contributed by atoms with van der Waals surface area (Å²) < 4.78 is 0. The van der Waals surface area contributed by atoms with Crippen molar-refractivity contribution in [2.45, 2.75) is 13.0 Å². The van der Waals surface area contributed by atoms with Gasteiger partial charge in [0.1, 0.15) is 0 Å². The highest BCUT2D eigenvalue weighted by atomic mass is 16.4. The lowest BCUT2D eigenvalue weighted by Crippen LogP contribution is -2.40. The molecule has 0 aliphatic heterocycles. The third-order valence-corrected chi connectivity index (χ3v) is 4.22. The van der Waals surface area contributed by atoms with Crippen LogP contribution < -0.4 is 5.32 Å². The molecule has 0 saturated heterocycles. The summed E-state index contributed by atoms with van der Waals surface area (Å²) in [4.78, 5) is 27.8. The Kier molecular flexibility index (Phi) is 3.26. The van der Waals surface area contributed by atoms with E-state index in [1.54, 1.807) is 6.20 Å². The van der Waals surface area contributed by atoms with Crippen LogP contribution >= 0.6 is 0 Å². The summed E-state index contributed by atoms with van der Waals surface area (Å²) in [5.41, 5.74) is 0.770. The molecule has 0 spiro atoms. The van der Waals surface area contributed by atoms with Crippen LogP contribution in [-0.2, 0) is 16.1 Å². The van der Waals surface area contributed by atoms with E-state index in [0.29, 0.717) is 6.54 Å². The highest BCUT2D eigenvalue weighted by molar-refractivity contribution is 5.86. The Balaban J connectivity index is 1.68. The summed E-state index contributed by atoms with van der Waals surface area (Å²) in [6.45, 7) is 0.337. The molecule has 3 rings (SSSR count). The topological polar surface area (TPSA) is 79.3 Å². The van der Waals surface area contributed by atoms with Gasteiger partial charge in [0.2, 0.25) is 5.91 Å². The molecule has 1 saturated carbocycles. The van der Waals surface area contributed by atoms with Gasteiger partial charge in [0.15, 0.2) is 0 Å². The van der Waals surface area contributed by atoms with Gasteiger partial charge in [0.05, 0.1) is 24.1 Å². The fourth-order valence-electron chi connectivity index (χ4n) is 3.31. The first-order valence-corrected chi connectivity index (χ1v) is 6.75.